The molecule has 0 unspecified atom stereocenters. The number of piperazine rings is 1. The minimum atomic E-state index is -0.552. The Morgan fingerprint density at radius 2 is 1.56 bits per heavy atom. The highest BCUT2D eigenvalue weighted by Crippen LogP contribution is 2.33. The molecule has 2 aromatic carbocycles. The fourth-order valence-corrected chi connectivity index (χ4v) is 4.43. The molecule has 34 heavy (non-hydrogen) atoms. The Balaban J connectivity index is 1.34. The number of anilines is 4. The molecule has 8 nitrogen and oxygen atoms in total. The first-order chi connectivity index (χ1) is 16.4. The molecule has 2 amide bonds. The zero-order chi connectivity index (χ0) is 24.1. The molecule has 1 saturated heterocycles. The smallest absolute Gasteiger partial charge is 0.324 e. The Bertz CT molecular complexity index is 1130. The van der Waals surface area contributed by atoms with Crippen LogP contribution in [0.15, 0.2) is 48.8 Å². The molecule has 0 bridgehead atoms. The highest BCUT2D eigenvalue weighted by Gasteiger charge is 2.14. The second kappa shape index (κ2) is 11.2. The fraction of sp³-hybridized carbons (Fsp3) is 0.261. The number of aromatic nitrogens is 2. The number of amides is 2. The van der Waals surface area contributed by atoms with Gasteiger partial charge < -0.3 is 15.5 Å². The number of urea groups is 1. The van der Waals surface area contributed by atoms with Crippen LogP contribution in [0.1, 0.15) is 5.56 Å². The number of carbonyl (C=O) groups is 1. The molecule has 0 atom stereocenters. The topological polar surface area (TPSA) is 85.4 Å². The monoisotopic (exact) mass is 519 g/mol. The normalized spacial score (nSPS) is 14.6. The summed E-state index contributed by atoms with van der Waals surface area (Å²) >= 11 is 18.1. The van der Waals surface area contributed by atoms with Gasteiger partial charge >= 0.3 is 6.03 Å². The lowest BCUT2D eigenvalue weighted by atomic mass is 10.2. The summed E-state index contributed by atoms with van der Waals surface area (Å²) in [6.45, 7) is 5.30. The molecule has 3 aromatic rings. The van der Waals surface area contributed by atoms with E-state index < -0.39 is 6.03 Å². The van der Waals surface area contributed by atoms with Gasteiger partial charge in [-0.2, -0.15) is 0 Å². The third-order valence-electron chi connectivity index (χ3n) is 5.38. The van der Waals surface area contributed by atoms with E-state index in [1.54, 1.807) is 6.07 Å². The molecule has 178 valence electrons. The molecule has 0 saturated carbocycles. The van der Waals surface area contributed by atoms with E-state index in [0.717, 1.165) is 38.4 Å². The number of rotatable bonds is 6. The van der Waals surface area contributed by atoms with Crippen molar-refractivity contribution in [2.24, 2.45) is 0 Å². The molecular weight excluding hydrogens is 497 g/mol. The van der Waals surface area contributed by atoms with Gasteiger partial charge in [-0.3, -0.25) is 10.2 Å². The van der Waals surface area contributed by atoms with E-state index in [-0.39, 0.29) is 15.7 Å². The van der Waals surface area contributed by atoms with Crippen molar-refractivity contribution >= 4 is 63.8 Å². The van der Waals surface area contributed by atoms with Gasteiger partial charge in [0.2, 0.25) is 0 Å². The van der Waals surface area contributed by atoms with Crippen LogP contribution in [-0.4, -0.2) is 59.0 Å². The summed E-state index contributed by atoms with van der Waals surface area (Å²) in [5.74, 6) is 0.850. The first-order valence-corrected chi connectivity index (χ1v) is 11.8. The third-order valence-corrected chi connectivity index (χ3v) is 6.20. The van der Waals surface area contributed by atoms with Gasteiger partial charge in [-0.15, -0.1) is 0 Å². The molecule has 11 heteroatoms. The van der Waals surface area contributed by atoms with Crippen LogP contribution < -0.4 is 16.0 Å². The van der Waals surface area contributed by atoms with Crippen LogP contribution in [0.2, 0.25) is 15.1 Å². The number of hydrogen-bond acceptors (Lipinski definition) is 6. The van der Waals surface area contributed by atoms with E-state index in [9.17, 15) is 4.79 Å². The van der Waals surface area contributed by atoms with Crippen LogP contribution in [0.4, 0.5) is 27.8 Å². The van der Waals surface area contributed by atoms with Crippen molar-refractivity contribution < 1.29 is 4.79 Å². The van der Waals surface area contributed by atoms with Crippen molar-refractivity contribution in [3.63, 3.8) is 0 Å². The highest BCUT2D eigenvalue weighted by molar-refractivity contribution is 6.42. The predicted molar refractivity (Wildman–Crippen MR) is 139 cm³/mol. The highest BCUT2D eigenvalue weighted by atomic mass is 35.5. The molecule has 0 aliphatic carbocycles. The predicted octanol–water partition coefficient (Wildman–Crippen LogP) is 5.57. The molecule has 0 spiro atoms. The Kier molecular flexibility index (Phi) is 8.07. The first kappa shape index (κ1) is 24.5. The van der Waals surface area contributed by atoms with Crippen LogP contribution in [0.5, 0.6) is 0 Å². The average Bonchev–Trinajstić information content (AvgIpc) is 2.79. The second-order valence-electron chi connectivity index (χ2n) is 8.01. The van der Waals surface area contributed by atoms with E-state index in [4.69, 9.17) is 34.8 Å². The Labute approximate surface area is 213 Å². The number of carbonyl (C=O) groups excluding carboxylic acids is 1. The summed E-state index contributed by atoms with van der Waals surface area (Å²) in [6.07, 6.45) is 1.36. The molecule has 1 aliphatic heterocycles. The number of hydrogen-bond donors (Lipinski definition) is 3. The maximum Gasteiger partial charge on any atom is 0.324 e. The molecule has 1 fully saturated rings. The molecule has 0 radical (unpaired) electrons. The standard InChI is InChI=1S/C23H24Cl3N7O/c1-32-6-8-33(9-7-32)13-15-2-4-17(5-3-15)29-20-12-21(28-14-27-20)30-23(34)31-22-18(25)10-16(24)11-19(22)26/h2-5,10-12,14H,6-9,13H2,1H3,(H3,27,28,29,30,31,34). The van der Waals surface area contributed by atoms with Crippen molar-refractivity contribution in [2.75, 3.05) is 49.2 Å². The molecule has 4 rings (SSSR count). The third kappa shape index (κ3) is 6.71. The van der Waals surface area contributed by atoms with Gasteiger partial charge in [-0.25, -0.2) is 14.8 Å². The van der Waals surface area contributed by atoms with Gasteiger partial charge in [-0.1, -0.05) is 46.9 Å². The van der Waals surface area contributed by atoms with Crippen LogP contribution in [0.25, 0.3) is 0 Å². The zero-order valence-electron chi connectivity index (χ0n) is 18.5. The van der Waals surface area contributed by atoms with E-state index >= 15 is 0 Å². The van der Waals surface area contributed by atoms with Gasteiger partial charge in [0.1, 0.15) is 18.0 Å². The zero-order valence-corrected chi connectivity index (χ0v) is 20.8. The van der Waals surface area contributed by atoms with Crippen molar-refractivity contribution in [3.05, 3.63) is 69.4 Å². The average molecular weight is 521 g/mol. The summed E-state index contributed by atoms with van der Waals surface area (Å²) in [5.41, 5.74) is 2.40. The van der Waals surface area contributed by atoms with Crippen molar-refractivity contribution in [3.8, 4) is 0 Å². The Morgan fingerprint density at radius 3 is 2.24 bits per heavy atom. The lowest BCUT2D eigenvalue weighted by Gasteiger charge is -2.32. The Hall–Kier alpha value is -2.62. The van der Waals surface area contributed by atoms with E-state index in [1.165, 1.54) is 24.0 Å². The van der Waals surface area contributed by atoms with E-state index in [1.807, 2.05) is 12.1 Å². The molecule has 1 aromatic heterocycles. The lowest BCUT2D eigenvalue weighted by Crippen LogP contribution is -2.43. The van der Waals surface area contributed by atoms with Crippen molar-refractivity contribution in [1.82, 2.24) is 19.8 Å². The van der Waals surface area contributed by atoms with Crippen LogP contribution in [-0.2, 0) is 6.54 Å². The number of nitrogens with one attached hydrogen (secondary N) is 3. The van der Waals surface area contributed by atoms with Gasteiger partial charge in [0.05, 0.1) is 15.7 Å². The van der Waals surface area contributed by atoms with Gasteiger partial charge in [0.25, 0.3) is 0 Å². The second-order valence-corrected chi connectivity index (χ2v) is 9.26. The number of likely N-dealkylation sites (N-methyl/N-ethyl adjacent to an activating group) is 1. The minimum absolute atomic E-state index is 0.230. The quantitative estimate of drug-likeness (QED) is 0.394. The molecular formula is C23H24Cl3N7O. The number of benzene rings is 2. The number of nitrogens with zero attached hydrogens (tertiary/aromatic N) is 4. The maximum absolute atomic E-state index is 12.4. The number of halogens is 3. The Morgan fingerprint density at radius 1 is 0.912 bits per heavy atom. The van der Waals surface area contributed by atoms with Crippen molar-refractivity contribution in [1.29, 1.82) is 0 Å². The largest absolute Gasteiger partial charge is 0.340 e. The summed E-state index contributed by atoms with van der Waals surface area (Å²) < 4.78 is 0. The fourth-order valence-electron chi connectivity index (χ4n) is 3.52. The van der Waals surface area contributed by atoms with Gasteiger partial charge in [0.15, 0.2) is 0 Å². The lowest BCUT2D eigenvalue weighted by molar-refractivity contribution is 0.148. The summed E-state index contributed by atoms with van der Waals surface area (Å²) in [6, 6.07) is 12.3. The van der Waals surface area contributed by atoms with Crippen molar-refractivity contribution in [2.45, 2.75) is 6.54 Å². The maximum atomic E-state index is 12.4. The molecule has 1 aliphatic rings. The van der Waals surface area contributed by atoms with Crippen LogP contribution >= 0.6 is 34.8 Å². The van der Waals surface area contributed by atoms with Crippen LogP contribution in [0.3, 0.4) is 0 Å². The summed E-state index contributed by atoms with van der Waals surface area (Å²) in [5, 5.41) is 9.31. The van der Waals surface area contributed by atoms with Gasteiger partial charge in [0, 0.05) is 49.5 Å². The molecule has 2 heterocycles. The summed E-state index contributed by atoms with van der Waals surface area (Å²) in [7, 11) is 2.16. The SMILES string of the molecule is CN1CCN(Cc2ccc(Nc3cc(NC(=O)Nc4c(Cl)cc(Cl)cc4Cl)ncn3)cc2)CC1. The summed E-state index contributed by atoms with van der Waals surface area (Å²) in [4.78, 5) is 25.5. The first-order valence-electron chi connectivity index (χ1n) is 10.7. The van der Waals surface area contributed by atoms with E-state index in [0.29, 0.717) is 16.7 Å². The van der Waals surface area contributed by atoms with Crippen LogP contribution in [0, 0.1) is 0 Å². The minimum Gasteiger partial charge on any atom is -0.340 e. The van der Waals surface area contributed by atoms with E-state index in [2.05, 4.69) is 54.9 Å². The van der Waals surface area contributed by atoms with Gasteiger partial charge in [-0.05, 0) is 36.9 Å². The molecule has 3 N–H and O–H groups in total.